The van der Waals surface area contributed by atoms with Crippen LogP contribution in [0.1, 0.15) is 0 Å². The molecule has 0 bridgehead atoms. The molecule has 0 radical (unpaired) electrons. The molecule has 2 aromatic carbocycles. The molecule has 0 saturated carbocycles. The number of rotatable bonds is 3. The Kier molecular flexibility index (Phi) is 4.23. The summed E-state index contributed by atoms with van der Waals surface area (Å²) in [5.41, 5.74) is 1.97. The molecule has 25 heavy (non-hydrogen) atoms. The first-order valence-electron chi connectivity index (χ1n) is 7.66. The van der Waals surface area contributed by atoms with Crippen LogP contribution in [0.5, 0.6) is 11.5 Å². The number of aromatic nitrogens is 2. The Labute approximate surface area is 153 Å². The molecular weight excluding hydrogens is 352 g/mol. The number of benzene rings is 2. The highest BCUT2D eigenvalue weighted by atomic mass is 32.2. The molecule has 2 heterocycles. The van der Waals surface area contributed by atoms with Crippen molar-refractivity contribution in [3.05, 3.63) is 53.0 Å². The SMILES string of the molecule is C=c1[nH]nc(-c2ccccc2)c1=C1Sc2c(OC)ccc(OC)c2S1. The third-order valence-electron chi connectivity index (χ3n) is 3.96. The Morgan fingerprint density at radius 2 is 1.52 bits per heavy atom. The van der Waals surface area contributed by atoms with Gasteiger partial charge in [0.15, 0.2) is 0 Å². The number of nitrogens with one attached hydrogen (secondary N) is 1. The number of hydrogen-bond donors (Lipinski definition) is 1. The fourth-order valence-electron chi connectivity index (χ4n) is 2.75. The van der Waals surface area contributed by atoms with Crippen molar-refractivity contribution in [1.29, 1.82) is 0 Å². The molecule has 1 aliphatic rings. The van der Waals surface area contributed by atoms with Crippen LogP contribution in [0.25, 0.3) is 22.1 Å². The summed E-state index contributed by atoms with van der Waals surface area (Å²) >= 11 is 3.34. The largest absolute Gasteiger partial charge is 0.496 e. The summed E-state index contributed by atoms with van der Waals surface area (Å²) < 4.78 is 12.2. The Bertz CT molecular complexity index is 1010. The highest BCUT2D eigenvalue weighted by Gasteiger charge is 2.27. The quantitative estimate of drug-likeness (QED) is 0.767. The van der Waals surface area contributed by atoms with Crippen molar-refractivity contribution < 1.29 is 9.47 Å². The number of nitrogens with zero attached hydrogens (tertiary/aromatic N) is 1. The Hall–Kier alpha value is -2.31. The van der Waals surface area contributed by atoms with Gasteiger partial charge in [-0.3, -0.25) is 5.10 Å². The summed E-state index contributed by atoms with van der Waals surface area (Å²) in [5.74, 6) is 1.69. The second-order valence-electron chi connectivity index (χ2n) is 5.41. The van der Waals surface area contributed by atoms with Crippen LogP contribution in [-0.2, 0) is 0 Å². The summed E-state index contributed by atoms with van der Waals surface area (Å²) in [6.07, 6.45) is 0. The zero-order valence-electron chi connectivity index (χ0n) is 13.8. The molecule has 1 aromatic heterocycles. The van der Waals surface area contributed by atoms with Gasteiger partial charge in [-0.15, -0.1) is 0 Å². The average molecular weight is 368 g/mol. The lowest BCUT2D eigenvalue weighted by atomic mass is 10.1. The fraction of sp³-hybridized carbons (Fsp3) is 0.105. The lowest BCUT2D eigenvalue weighted by Gasteiger charge is -2.08. The monoisotopic (exact) mass is 368 g/mol. The molecule has 0 spiro atoms. The van der Waals surface area contributed by atoms with Crippen LogP contribution in [0.15, 0.2) is 52.3 Å². The van der Waals surface area contributed by atoms with E-state index in [1.54, 1.807) is 37.7 Å². The van der Waals surface area contributed by atoms with E-state index in [-0.39, 0.29) is 0 Å². The molecule has 4 rings (SSSR count). The smallest absolute Gasteiger partial charge is 0.134 e. The van der Waals surface area contributed by atoms with E-state index in [1.807, 2.05) is 30.3 Å². The van der Waals surface area contributed by atoms with Gasteiger partial charge in [0, 0.05) is 10.8 Å². The maximum atomic E-state index is 5.53. The molecule has 3 aromatic rings. The normalized spacial score (nSPS) is 13.0. The van der Waals surface area contributed by atoms with Crippen LogP contribution in [-0.4, -0.2) is 24.4 Å². The summed E-state index contributed by atoms with van der Waals surface area (Å²) in [6.45, 7) is 4.13. The van der Waals surface area contributed by atoms with Gasteiger partial charge >= 0.3 is 0 Å². The fourth-order valence-corrected chi connectivity index (χ4v) is 5.57. The number of ether oxygens (including phenoxy) is 2. The van der Waals surface area contributed by atoms with Crippen molar-refractivity contribution in [3.63, 3.8) is 0 Å². The molecule has 126 valence electrons. The summed E-state index contributed by atoms with van der Waals surface area (Å²) in [4.78, 5) is 2.14. The number of H-pyrrole nitrogens is 1. The van der Waals surface area contributed by atoms with Gasteiger partial charge in [-0.05, 0) is 12.1 Å². The van der Waals surface area contributed by atoms with Gasteiger partial charge in [0.25, 0.3) is 0 Å². The molecule has 1 aliphatic heterocycles. The second-order valence-corrected chi connectivity index (χ2v) is 7.71. The van der Waals surface area contributed by atoms with Gasteiger partial charge < -0.3 is 9.47 Å². The second kappa shape index (κ2) is 6.54. The number of aromatic amines is 1. The van der Waals surface area contributed by atoms with Crippen molar-refractivity contribution >= 4 is 34.3 Å². The highest BCUT2D eigenvalue weighted by Crippen LogP contribution is 2.58. The van der Waals surface area contributed by atoms with E-state index in [9.17, 15) is 0 Å². The van der Waals surface area contributed by atoms with Crippen LogP contribution < -0.4 is 20.0 Å². The predicted molar refractivity (Wildman–Crippen MR) is 103 cm³/mol. The number of methoxy groups -OCH3 is 2. The van der Waals surface area contributed by atoms with Crippen LogP contribution >= 0.6 is 23.5 Å². The summed E-state index contributed by atoms with van der Waals surface area (Å²) in [7, 11) is 3.37. The minimum absolute atomic E-state index is 0.805. The maximum Gasteiger partial charge on any atom is 0.134 e. The van der Waals surface area contributed by atoms with Gasteiger partial charge in [-0.25, -0.2) is 0 Å². The van der Waals surface area contributed by atoms with E-state index < -0.39 is 0 Å². The zero-order chi connectivity index (χ0) is 17.4. The Morgan fingerprint density at radius 1 is 0.920 bits per heavy atom. The van der Waals surface area contributed by atoms with Crippen LogP contribution in [0.3, 0.4) is 0 Å². The standard InChI is InChI=1S/C19H16N2O2S2/c1-11-15(16(21-20-11)12-7-5-4-6-8-12)19-24-17-13(22-2)9-10-14(23-3)18(17)25-19/h4-10,20H,1H2,2-3H3. The van der Waals surface area contributed by atoms with Crippen LogP contribution in [0.4, 0.5) is 0 Å². The van der Waals surface area contributed by atoms with Gasteiger partial charge in [0.05, 0.1) is 33.6 Å². The van der Waals surface area contributed by atoms with E-state index in [4.69, 9.17) is 9.47 Å². The third-order valence-corrected chi connectivity index (χ3v) is 6.59. The highest BCUT2D eigenvalue weighted by molar-refractivity contribution is 8.32. The number of fused-ring (bicyclic) bond motifs is 1. The lowest BCUT2D eigenvalue weighted by Crippen LogP contribution is -2.23. The van der Waals surface area contributed by atoms with Crippen molar-refractivity contribution in [3.8, 4) is 22.8 Å². The molecule has 0 fully saturated rings. The van der Waals surface area contributed by atoms with E-state index in [2.05, 4.69) is 28.9 Å². The van der Waals surface area contributed by atoms with E-state index >= 15 is 0 Å². The van der Waals surface area contributed by atoms with Crippen molar-refractivity contribution in [2.75, 3.05) is 14.2 Å². The van der Waals surface area contributed by atoms with Gasteiger partial charge in [-0.1, -0.05) is 60.4 Å². The molecule has 0 amide bonds. The van der Waals surface area contributed by atoms with Crippen molar-refractivity contribution in [2.24, 2.45) is 0 Å². The number of thioether (sulfide) groups is 2. The molecule has 0 aliphatic carbocycles. The molecule has 4 nitrogen and oxygen atoms in total. The van der Waals surface area contributed by atoms with Crippen LogP contribution in [0.2, 0.25) is 0 Å². The molecule has 0 atom stereocenters. The third kappa shape index (κ3) is 2.71. The topological polar surface area (TPSA) is 47.1 Å². The van der Waals surface area contributed by atoms with E-state index in [1.165, 1.54) is 0 Å². The van der Waals surface area contributed by atoms with E-state index in [0.717, 1.165) is 47.4 Å². The minimum Gasteiger partial charge on any atom is -0.496 e. The first-order valence-corrected chi connectivity index (χ1v) is 9.30. The zero-order valence-corrected chi connectivity index (χ0v) is 15.5. The molecule has 1 N–H and O–H groups in total. The van der Waals surface area contributed by atoms with Crippen LogP contribution in [0, 0.1) is 0 Å². The van der Waals surface area contributed by atoms with Gasteiger partial charge in [0.1, 0.15) is 17.2 Å². The Morgan fingerprint density at radius 3 is 2.08 bits per heavy atom. The van der Waals surface area contributed by atoms with Gasteiger partial charge in [-0.2, -0.15) is 5.10 Å². The lowest BCUT2D eigenvalue weighted by molar-refractivity contribution is 0.384. The van der Waals surface area contributed by atoms with E-state index in [0.29, 0.717) is 0 Å². The van der Waals surface area contributed by atoms with Crippen molar-refractivity contribution in [1.82, 2.24) is 10.2 Å². The maximum absolute atomic E-state index is 5.53. The first-order chi connectivity index (χ1) is 12.2. The molecule has 6 heteroatoms. The Balaban J connectivity index is 1.93. The first kappa shape index (κ1) is 16.2. The minimum atomic E-state index is 0.805. The predicted octanol–water partition coefficient (Wildman–Crippen LogP) is 3.47. The summed E-state index contributed by atoms with van der Waals surface area (Å²) in [6, 6.07) is 14.0. The van der Waals surface area contributed by atoms with Crippen molar-refractivity contribution in [2.45, 2.75) is 9.79 Å². The number of hydrogen-bond acceptors (Lipinski definition) is 5. The molecule has 0 saturated heterocycles. The summed E-state index contributed by atoms with van der Waals surface area (Å²) in [5, 5.41) is 9.34. The average Bonchev–Trinajstić information content (AvgIpc) is 3.25. The molecule has 0 unspecified atom stereocenters. The van der Waals surface area contributed by atoms with Gasteiger partial charge in [0.2, 0.25) is 0 Å². The molecular formula is C19H16N2O2S2.